The number of aryl methyl sites for hydroxylation is 1. The Labute approximate surface area is 156 Å². The summed E-state index contributed by atoms with van der Waals surface area (Å²) in [5.74, 6) is 0.768. The Hall–Kier alpha value is -2.10. The molecule has 1 aliphatic rings. The van der Waals surface area contributed by atoms with Gasteiger partial charge in [-0.2, -0.15) is 4.31 Å². The number of hydrogen-bond acceptors (Lipinski definition) is 6. The minimum Gasteiger partial charge on any atom is -0.490 e. The lowest BCUT2D eigenvalue weighted by Crippen LogP contribution is -2.30. The van der Waals surface area contributed by atoms with E-state index in [1.165, 1.54) is 35.3 Å². The van der Waals surface area contributed by atoms with E-state index in [2.05, 4.69) is 0 Å². The molecule has 0 spiro atoms. The van der Waals surface area contributed by atoms with Gasteiger partial charge in [-0.25, -0.2) is 8.42 Å². The molecule has 0 amide bonds. The lowest BCUT2D eigenvalue weighted by atomic mass is 10.2. The van der Waals surface area contributed by atoms with E-state index in [0.29, 0.717) is 17.9 Å². The van der Waals surface area contributed by atoms with Crippen LogP contribution in [0, 0.1) is 17.0 Å². The third kappa shape index (κ3) is 3.42. The average molecular weight is 394 g/mol. The predicted octanol–water partition coefficient (Wildman–Crippen LogP) is 3.35. The second-order valence-electron chi connectivity index (χ2n) is 5.84. The van der Waals surface area contributed by atoms with E-state index in [1.54, 1.807) is 30.3 Å². The fourth-order valence-corrected chi connectivity index (χ4v) is 6.04. The van der Waals surface area contributed by atoms with Crippen molar-refractivity contribution in [3.63, 3.8) is 0 Å². The quantitative estimate of drug-likeness (QED) is 0.571. The van der Waals surface area contributed by atoms with Gasteiger partial charge >= 0.3 is 5.69 Å². The minimum atomic E-state index is -3.69. The Morgan fingerprint density at radius 1 is 1.23 bits per heavy atom. The molecule has 0 aromatic heterocycles. The zero-order chi connectivity index (χ0) is 18.9. The normalized spacial score (nSPS) is 18.0. The van der Waals surface area contributed by atoms with Gasteiger partial charge in [0, 0.05) is 18.4 Å². The summed E-state index contributed by atoms with van der Waals surface area (Å²) in [4.78, 5) is 11.0. The number of methoxy groups -OCH3 is 1. The number of hydrogen-bond donors (Lipinski definition) is 0. The Morgan fingerprint density at radius 3 is 2.54 bits per heavy atom. The van der Waals surface area contributed by atoms with Gasteiger partial charge in [-0.15, -0.1) is 11.8 Å². The molecule has 0 radical (unpaired) electrons. The van der Waals surface area contributed by atoms with Crippen molar-refractivity contribution in [3.05, 3.63) is 63.7 Å². The number of nitro groups is 1. The van der Waals surface area contributed by atoms with Crippen molar-refractivity contribution in [1.29, 1.82) is 0 Å². The Morgan fingerprint density at radius 2 is 1.92 bits per heavy atom. The molecule has 7 nitrogen and oxygen atoms in total. The molecule has 1 heterocycles. The molecule has 0 unspecified atom stereocenters. The summed E-state index contributed by atoms with van der Waals surface area (Å²) in [6, 6.07) is 11.2. The van der Waals surface area contributed by atoms with Crippen molar-refractivity contribution < 1.29 is 18.1 Å². The highest BCUT2D eigenvalue weighted by atomic mass is 32.2. The van der Waals surface area contributed by atoms with Crippen LogP contribution in [0.25, 0.3) is 0 Å². The smallest absolute Gasteiger partial charge is 0.311 e. The van der Waals surface area contributed by atoms with Gasteiger partial charge in [-0.05, 0) is 30.7 Å². The molecule has 138 valence electrons. The zero-order valence-electron chi connectivity index (χ0n) is 14.3. The van der Waals surface area contributed by atoms with Crippen molar-refractivity contribution in [1.82, 2.24) is 4.31 Å². The monoisotopic (exact) mass is 394 g/mol. The van der Waals surface area contributed by atoms with Crippen molar-refractivity contribution in [2.45, 2.75) is 17.2 Å². The third-order valence-electron chi connectivity index (χ3n) is 4.16. The lowest BCUT2D eigenvalue weighted by molar-refractivity contribution is -0.385. The summed E-state index contributed by atoms with van der Waals surface area (Å²) in [6.45, 7) is 2.24. The van der Waals surface area contributed by atoms with Gasteiger partial charge in [0.05, 0.1) is 22.3 Å². The first-order valence-corrected chi connectivity index (χ1v) is 10.4. The first kappa shape index (κ1) is 18.7. The van der Waals surface area contributed by atoms with Gasteiger partial charge in [0.2, 0.25) is 10.0 Å². The molecule has 26 heavy (non-hydrogen) atoms. The minimum absolute atomic E-state index is 0.148. The van der Waals surface area contributed by atoms with Crippen molar-refractivity contribution in [3.8, 4) is 5.75 Å². The van der Waals surface area contributed by atoms with Crippen LogP contribution in [-0.2, 0) is 10.0 Å². The number of nitro benzene ring substituents is 1. The SMILES string of the molecule is COc1ccc([C@@H]2SCCN2S(=O)(=O)c2ccc(C)cc2)cc1[N+](=O)[O-]. The average Bonchev–Trinajstić information content (AvgIpc) is 3.12. The molecule has 9 heteroatoms. The van der Waals surface area contributed by atoms with Crippen molar-refractivity contribution in [2.24, 2.45) is 0 Å². The summed E-state index contributed by atoms with van der Waals surface area (Å²) in [5, 5.41) is 10.8. The largest absolute Gasteiger partial charge is 0.490 e. The zero-order valence-corrected chi connectivity index (χ0v) is 15.9. The molecule has 0 bridgehead atoms. The molecule has 2 aromatic rings. The van der Waals surface area contributed by atoms with Crippen LogP contribution in [0.5, 0.6) is 5.75 Å². The first-order chi connectivity index (χ1) is 12.3. The molecule has 0 N–H and O–H groups in total. The number of nitrogens with zero attached hydrogens (tertiary/aromatic N) is 2. The van der Waals surface area contributed by atoms with Crippen molar-refractivity contribution >= 4 is 27.5 Å². The summed E-state index contributed by atoms with van der Waals surface area (Å²) in [7, 11) is -2.33. The summed E-state index contributed by atoms with van der Waals surface area (Å²) in [6.07, 6.45) is 0. The van der Waals surface area contributed by atoms with Gasteiger partial charge in [0.25, 0.3) is 0 Å². The maximum Gasteiger partial charge on any atom is 0.311 e. The number of thioether (sulfide) groups is 1. The number of rotatable bonds is 5. The molecular formula is C17H18N2O5S2. The maximum atomic E-state index is 13.0. The molecule has 3 rings (SSSR count). The number of ether oxygens (including phenoxy) is 1. The summed E-state index contributed by atoms with van der Waals surface area (Å²) in [5.41, 5.74) is 1.36. The van der Waals surface area contributed by atoms with E-state index in [4.69, 9.17) is 4.74 Å². The Bertz CT molecular complexity index is 929. The fourth-order valence-electron chi connectivity index (χ4n) is 2.81. The van der Waals surface area contributed by atoms with Gasteiger partial charge in [-0.1, -0.05) is 23.8 Å². The summed E-state index contributed by atoms with van der Waals surface area (Å²) >= 11 is 1.45. The van der Waals surface area contributed by atoms with E-state index < -0.39 is 20.3 Å². The van der Waals surface area contributed by atoms with Crippen LogP contribution in [0.1, 0.15) is 16.5 Å². The lowest BCUT2D eigenvalue weighted by Gasteiger charge is -2.23. The molecule has 0 saturated carbocycles. The van der Waals surface area contributed by atoms with Gasteiger partial charge < -0.3 is 4.74 Å². The Balaban J connectivity index is 1.99. The van der Waals surface area contributed by atoms with Crippen molar-refractivity contribution in [2.75, 3.05) is 19.4 Å². The second kappa shape index (κ2) is 7.26. The highest BCUT2D eigenvalue weighted by Crippen LogP contribution is 2.43. The van der Waals surface area contributed by atoms with Crippen LogP contribution in [0.4, 0.5) is 5.69 Å². The van der Waals surface area contributed by atoms with E-state index in [0.717, 1.165) is 5.56 Å². The first-order valence-electron chi connectivity index (χ1n) is 7.87. The predicted molar refractivity (Wildman–Crippen MR) is 99.9 cm³/mol. The van der Waals surface area contributed by atoms with Gasteiger partial charge in [-0.3, -0.25) is 10.1 Å². The standard InChI is InChI=1S/C17H18N2O5S2/c1-12-3-6-14(7-4-12)26(22,23)18-9-10-25-17(18)13-5-8-16(24-2)15(11-13)19(20)21/h3-8,11,17H,9-10H2,1-2H3/t17-/m0/s1. The maximum absolute atomic E-state index is 13.0. The Kier molecular flexibility index (Phi) is 5.22. The topological polar surface area (TPSA) is 89.8 Å². The molecule has 1 atom stereocenters. The summed E-state index contributed by atoms with van der Waals surface area (Å²) < 4.78 is 32.5. The van der Waals surface area contributed by atoms with Crippen LogP contribution in [0.3, 0.4) is 0 Å². The van der Waals surface area contributed by atoms with E-state index >= 15 is 0 Å². The fraction of sp³-hybridized carbons (Fsp3) is 0.294. The number of sulfonamides is 1. The van der Waals surface area contributed by atoms with Crippen LogP contribution < -0.4 is 4.74 Å². The molecule has 1 saturated heterocycles. The van der Waals surface area contributed by atoms with E-state index in [1.807, 2.05) is 6.92 Å². The molecule has 2 aromatic carbocycles. The molecule has 1 fully saturated rings. The van der Waals surface area contributed by atoms with Crippen LogP contribution in [0.15, 0.2) is 47.4 Å². The number of benzene rings is 2. The van der Waals surface area contributed by atoms with Gasteiger partial charge in [0.1, 0.15) is 0 Å². The van der Waals surface area contributed by atoms with Crippen LogP contribution >= 0.6 is 11.8 Å². The van der Waals surface area contributed by atoms with Gasteiger partial charge in [0.15, 0.2) is 5.75 Å². The molecule has 1 aliphatic heterocycles. The highest BCUT2D eigenvalue weighted by Gasteiger charge is 2.37. The van der Waals surface area contributed by atoms with E-state index in [9.17, 15) is 18.5 Å². The van der Waals surface area contributed by atoms with Crippen LogP contribution in [-0.4, -0.2) is 37.1 Å². The molecule has 0 aliphatic carbocycles. The molecular weight excluding hydrogens is 376 g/mol. The van der Waals surface area contributed by atoms with E-state index in [-0.39, 0.29) is 16.3 Å². The second-order valence-corrected chi connectivity index (χ2v) is 8.92. The highest BCUT2D eigenvalue weighted by molar-refractivity contribution is 8.01. The van der Waals surface area contributed by atoms with Crippen LogP contribution in [0.2, 0.25) is 0 Å². The third-order valence-corrected chi connectivity index (χ3v) is 7.43.